The largest absolute Gasteiger partial charge is 0.376 e. The van der Waals surface area contributed by atoms with Crippen molar-refractivity contribution >= 4 is 0 Å². The van der Waals surface area contributed by atoms with Crippen LogP contribution >= 0.6 is 0 Å². The van der Waals surface area contributed by atoms with Gasteiger partial charge >= 0.3 is 0 Å². The smallest absolute Gasteiger partial charge is 0.0753 e. The average Bonchev–Trinajstić information content (AvgIpc) is 2.94. The number of H-pyrrole nitrogens is 1. The molecule has 0 amide bonds. The minimum atomic E-state index is 0.602. The first-order chi connectivity index (χ1) is 8.74. The van der Waals surface area contributed by atoms with E-state index >= 15 is 0 Å². The molecule has 0 bridgehead atoms. The molecular weight excluding hydrogens is 226 g/mol. The molecule has 1 N–H and O–H groups in total. The number of aromatic amines is 1. The monoisotopic (exact) mass is 249 g/mol. The van der Waals surface area contributed by atoms with Crippen molar-refractivity contribution in [2.45, 2.75) is 39.2 Å². The van der Waals surface area contributed by atoms with E-state index in [4.69, 9.17) is 4.74 Å². The number of likely N-dealkylation sites (tertiary alicyclic amines) is 1. The molecule has 1 unspecified atom stereocenters. The molecule has 18 heavy (non-hydrogen) atoms. The number of rotatable bonds is 3. The molecule has 0 spiro atoms. The molecule has 0 saturated carbocycles. The third-order valence-electron chi connectivity index (χ3n) is 4.01. The van der Waals surface area contributed by atoms with Crippen molar-refractivity contribution in [2.24, 2.45) is 5.92 Å². The van der Waals surface area contributed by atoms with E-state index in [0.717, 1.165) is 32.1 Å². The maximum absolute atomic E-state index is 5.57. The Hall–Kier alpha value is -0.870. The lowest BCUT2D eigenvalue weighted by Crippen LogP contribution is -2.25. The van der Waals surface area contributed by atoms with Gasteiger partial charge in [-0.3, -0.25) is 5.10 Å². The van der Waals surface area contributed by atoms with Gasteiger partial charge in [0.2, 0.25) is 0 Å². The number of fused-ring (bicyclic) bond motifs is 1. The topological polar surface area (TPSA) is 41.2 Å². The van der Waals surface area contributed by atoms with Gasteiger partial charge in [0.05, 0.1) is 18.9 Å². The summed E-state index contributed by atoms with van der Waals surface area (Å²) < 4.78 is 5.57. The van der Waals surface area contributed by atoms with Crippen LogP contribution in [0.25, 0.3) is 0 Å². The number of nitrogens with zero attached hydrogens (tertiary/aromatic N) is 2. The van der Waals surface area contributed by atoms with Crippen LogP contribution in [0.5, 0.6) is 0 Å². The summed E-state index contributed by atoms with van der Waals surface area (Å²) in [6.07, 6.45) is 2.23. The first kappa shape index (κ1) is 12.2. The van der Waals surface area contributed by atoms with Crippen LogP contribution in [-0.2, 0) is 17.8 Å². The zero-order chi connectivity index (χ0) is 12.5. The highest BCUT2D eigenvalue weighted by Crippen LogP contribution is 2.31. The van der Waals surface area contributed by atoms with Crippen molar-refractivity contribution in [3.8, 4) is 0 Å². The molecule has 0 radical (unpaired) electrons. The van der Waals surface area contributed by atoms with Crippen LogP contribution in [0.1, 0.15) is 43.1 Å². The fourth-order valence-electron chi connectivity index (χ4n) is 3.21. The minimum Gasteiger partial charge on any atom is -0.376 e. The van der Waals surface area contributed by atoms with E-state index in [2.05, 4.69) is 28.9 Å². The van der Waals surface area contributed by atoms with Crippen LogP contribution in [0, 0.1) is 5.92 Å². The third kappa shape index (κ3) is 2.31. The van der Waals surface area contributed by atoms with Gasteiger partial charge in [-0.25, -0.2) is 0 Å². The molecular formula is C14H23N3O. The van der Waals surface area contributed by atoms with E-state index in [1.165, 1.54) is 36.5 Å². The summed E-state index contributed by atoms with van der Waals surface area (Å²) in [5, 5.41) is 7.77. The summed E-state index contributed by atoms with van der Waals surface area (Å²) in [7, 11) is 0. The van der Waals surface area contributed by atoms with Gasteiger partial charge in [0.25, 0.3) is 0 Å². The Kier molecular flexibility index (Phi) is 3.39. The van der Waals surface area contributed by atoms with Gasteiger partial charge in [-0.15, -0.1) is 0 Å². The van der Waals surface area contributed by atoms with Gasteiger partial charge in [0.15, 0.2) is 0 Å². The van der Waals surface area contributed by atoms with Crippen molar-refractivity contribution in [2.75, 3.05) is 26.2 Å². The third-order valence-corrected chi connectivity index (χ3v) is 4.01. The molecule has 3 rings (SSSR count). The lowest BCUT2D eigenvalue weighted by molar-refractivity contribution is 0.109. The zero-order valence-corrected chi connectivity index (χ0v) is 11.4. The summed E-state index contributed by atoms with van der Waals surface area (Å²) in [5.41, 5.74) is 3.92. The fourth-order valence-corrected chi connectivity index (χ4v) is 3.21. The second-order valence-electron chi connectivity index (χ2n) is 6.01. The van der Waals surface area contributed by atoms with E-state index in [0.29, 0.717) is 5.92 Å². The molecule has 4 nitrogen and oxygen atoms in total. The van der Waals surface area contributed by atoms with Crippen LogP contribution in [-0.4, -0.2) is 41.3 Å². The van der Waals surface area contributed by atoms with Crippen molar-refractivity contribution in [1.29, 1.82) is 0 Å². The maximum atomic E-state index is 5.57. The van der Waals surface area contributed by atoms with E-state index in [1.54, 1.807) is 0 Å². The average molecular weight is 249 g/mol. The Morgan fingerprint density at radius 3 is 3.22 bits per heavy atom. The molecule has 1 saturated heterocycles. The Morgan fingerprint density at radius 2 is 2.39 bits per heavy atom. The summed E-state index contributed by atoms with van der Waals surface area (Å²) in [4.78, 5) is 2.57. The van der Waals surface area contributed by atoms with E-state index in [-0.39, 0.29) is 0 Å². The molecule has 2 aliphatic rings. The molecule has 3 heterocycles. The summed E-state index contributed by atoms with van der Waals surface area (Å²) in [6, 6.07) is 0. The van der Waals surface area contributed by atoms with Crippen LogP contribution in [0.15, 0.2) is 0 Å². The second-order valence-corrected chi connectivity index (χ2v) is 6.01. The lowest BCUT2D eigenvalue weighted by atomic mass is 9.98. The Bertz CT molecular complexity index is 413. The van der Waals surface area contributed by atoms with Gasteiger partial charge in [-0.05, 0) is 18.9 Å². The predicted octanol–water partition coefficient (Wildman–Crippen LogP) is 1.93. The van der Waals surface area contributed by atoms with Gasteiger partial charge in [0.1, 0.15) is 0 Å². The summed E-state index contributed by atoms with van der Waals surface area (Å²) in [6.45, 7) is 9.75. The van der Waals surface area contributed by atoms with E-state index < -0.39 is 0 Å². The predicted molar refractivity (Wildman–Crippen MR) is 70.6 cm³/mol. The van der Waals surface area contributed by atoms with Crippen molar-refractivity contribution in [3.05, 3.63) is 17.0 Å². The van der Waals surface area contributed by atoms with Crippen molar-refractivity contribution < 1.29 is 4.74 Å². The van der Waals surface area contributed by atoms with Crippen molar-refractivity contribution in [1.82, 2.24) is 15.1 Å². The number of aromatic nitrogens is 2. The highest BCUT2D eigenvalue weighted by molar-refractivity contribution is 5.29. The van der Waals surface area contributed by atoms with Gasteiger partial charge in [0, 0.05) is 36.7 Å². The van der Waals surface area contributed by atoms with Crippen LogP contribution in [0.3, 0.4) is 0 Å². The minimum absolute atomic E-state index is 0.602. The first-order valence-electron chi connectivity index (χ1n) is 7.10. The number of hydrogen-bond donors (Lipinski definition) is 1. The molecule has 0 aromatic carbocycles. The second kappa shape index (κ2) is 5.02. The Morgan fingerprint density at radius 1 is 1.50 bits per heavy atom. The van der Waals surface area contributed by atoms with Crippen LogP contribution < -0.4 is 0 Å². The first-order valence-corrected chi connectivity index (χ1v) is 7.10. The fraction of sp³-hybridized carbons (Fsp3) is 0.786. The van der Waals surface area contributed by atoms with E-state index in [9.17, 15) is 0 Å². The molecule has 4 heteroatoms. The van der Waals surface area contributed by atoms with E-state index in [1.807, 2.05) is 0 Å². The lowest BCUT2D eigenvalue weighted by Gasteiger charge is -2.18. The normalized spacial score (nSPS) is 24.7. The highest BCUT2D eigenvalue weighted by atomic mass is 16.5. The van der Waals surface area contributed by atoms with Gasteiger partial charge < -0.3 is 9.64 Å². The Labute approximate surface area is 109 Å². The maximum Gasteiger partial charge on any atom is 0.0753 e. The molecule has 100 valence electrons. The Balaban J connectivity index is 1.71. The highest BCUT2D eigenvalue weighted by Gasteiger charge is 2.29. The summed E-state index contributed by atoms with van der Waals surface area (Å²) in [5.74, 6) is 1.35. The van der Waals surface area contributed by atoms with Gasteiger partial charge in [-0.2, -0.15) is 5.10 Å². The quantitative estimate of drug-likeness (QED) is 0.890. The molecule has 1 atom stereocenters. The number of hydrogen-bond acceptors (Lipinski definition) is 3. The number of ether oxygens (including phenoxy) is 1. The van der Waals surface area contributed by atoms with Crippen LogP contribution in [0.4, 0.5) is 0 Å². The number of nitrogens with one attached hydrogen (secondary N) is 1. The van der Waals surface area contributed by atoms with Crippen LogP contribution in [0.2, 0.25) is 0 Å². The standard InChI is InChI=1S/C14H23N3O/c1-10(2)7-17-5-3-11(8-17)14-12-9-18-6-4-13(12)15-16-14/h10-11H,3-9H2,1-2H3,(H,15,16). The molecule has 2 aliphatic heterocycles. The summed E-state index contributed by atoms with van der Waals surface area (Å²) >= 11 is 0. The molecule has 1 aromatic heterocycles. The van der Waals surface area contributed by atoms with Crippen molar-refractivity contribution in [3.63, 3.8) is 0 Å². The SMILES string of the molecule is CC(C)CN1CCC(c2n[nH]c3c2COCC3)C1. The van der Waals surface area contributed by atoms with Gasteiger partial charge in [-0.1, -0.05) is 13.8 Å². The molecule has 0 aliphatic carbocycles. The molecule has 1 fully saturated rings. The molecule has 1 aromatic rings. The zero-order valence-electron chi connectivity index (χ0n) is 11.4.